The van der Waals surface area contributed by atoms with E-state index >= 15 is 0 Å². The largest absolute Gasteiger partial charge is 0.378 e. The summed E-state index contributed by atoms with van der Waals surface area (Å²) in [5.41, 5.74) is 2.79. The molecule has 29 heavy (non-hydrogen) atoms. The zero-order valence-electron chi connectivity index (χ0n) is 17.2. The highest BCUT2D eigenvalue weighted by atomic mass is 16.5. The predicted molar refractivity (Wildman–Crippen MR) is 113 cm³/mol. The number of hydrogen-bond donors (Lipinski definition) is 0. The molecule has 1 amide bonds. The van der Waals surface area contributed by atoms with Crippen LogP contribution in [-0.2, 0) is 11.2 Å². The van der Waals surface area contributed by atoms with Crippen LogP contribution in [0.25, 0.3) is 0 Å². The number of rotatable bonds is 5. The lowest BCUT2D eigenvalue weighted by Gasteiger charge is -2.32. The van der Waals surface area contributed by atoms with Gasteiger partial charge in [0.15, 0.2) is 0 Å². The number of aryl methyl sites for hydroxylation is 2. The third kappa shape index (κ3) is 4.93. The number of likely N-dealkylation sites (tertiary alicyclic amines) is 1. The van der Waals surface area contributed by atoms with Crippen molar-refractivity contribution in [2.75, 3.05) is 44.3 Å². The molecule has 0 saturated carbocycles. The van der Waals surface area contributed by atoms with Gasteiger partial charge in [0.1, 0.15) is 0 Å². The number of amides is 1. The highest BCUT2D eigenvalue weighted by Gasteiger charge is 2.25. The molecular weight excluding hydrogens is 364 g/mol. The van der Waals surface area contributed by atoms with Gasteiger partial charge >= 0.3 is 0 Å². The van der Waals surface area contributed by atoms with Crippen LogP contribution in [0.1, 0.15) is 40.9 Å². The summed E-state index contributed by atoms with van der Waals surface area (Å²) >= 11 is 0. The van der Waals surface area contributed by atoms with Crippen LogP contribution in [0.2, 0.25) is 0 Å². The number of carbonyl (C=O) groups is 1. The fourth-order valence-corrected chi connectivity index (χ4v) is 4.19. The summed E-state index contributed by atoms with van der Waals surface area (Å²) in [6.07, 6.45) is 6.17. The van der Waals surface area contributed by atoms with Crippen molar-refractivity contribution in [3.05, 3.63) is 53.3 Å². The van der Waals surface area contributed by atoms with Gasteiger partial charge in [0.2, 0.25) is 5.95 Å². The summed E-state index contributed by atoms with van der Waals surface area (Å²) in [5, 5.41) is 0. The lowest BCUT2D eigenvalue weighted by molar-refractivity contribution is 0.0685. The smallest absolute Gasteiger partial charge is 0.257 e. The maximum Gasteiger partial charge on any atom is 0.257 e. The Bertz CT molecular complexity index is 813. The minimum atomic E-state index is 0.0672. The maximum absolute atomic E-state index is 13.0. The van der Waals surface area contributed by atoms with Crippen molar-refractivity contribution in [3.8, 4) is 0 Å². The predicted octanol–water partition coefficient (Wildman–Crippen LogP) is 3.11. The normalized spacial score (nSPS) is 18.1. The van der Waals surface area contributed by atoms with Crippen molar-refractivity contribution in [1.82, 2.24) is 14.9 Å². The number of aromatic nitrogens is 2. The van der Waals surface area contributed by atoms with Crippen LogP contribution in [0.5, 0.6) is 0 Å². The molecule has 1 aromatic heterocycles. The van der Waals surface area contributed by atoms with Crippen molar-refractivity contribution < 1.29 is 9.53 Å². The Morgan fingerprint density at radius 3 is 2.52 bits per heavy atom. The first-order chi connectivity index (χ1) is 14.2. The fourth-order valence-electron chi connectivity index (χ4n) is 4.19. The first-order valence-electron chi connectivity index (χ1n) is 10.7. The number of morpholine rings is 1. The van der Waals surface area contributed by atoms with E-state index in [0.717, 1.165) is 51.1 Å². The maximum atomic E-state index is 13.0. The van der Waals surface area contributed by atoms with Crippen molar-refractivity contribution in [3.63, 3.8) is 0 Å². The van der Waals surface area contributed by atoms with Crippen LogP contribution in [-0.4, -0.2) is 60.2 Å². The van der Waals surface area contributed by atoms with E-state index in [-0.39, 0.29) is 5.91 Å². The summed E-state index contributed by atoms with van der Waals surface area (Å²) in [5.74, 6) is 1.46. The van der Waals surface area contributed by atoms with E-state index in [2.05, 4.69) is 45.2 Å². The van der Waals surface area contributed by atoms with Gasteiger partial charge in [-0.3, -0.25) is 4.79 Å². The van der Waals surface area contributed by atoms with Gasteiger partial charge in [-0.2, -0.15) is 0 Å². The number of anilines is 1. The van der Waals surface area contributed by atoms with Crippen LogP contribution in [0, 0.1) is 12.8 Å². The summed E-state index contributed by atoms with van der Waals surface area (Å²) in [4.78, 5) is 26.2. The Kier molecular flexibility index (Phi) is 6.39. The highest BCUT2D eigenvalue weighted by Crippen LogP contribution is 2.24. The standard InChI is InChI=1S/C23H30N4O2/c1-18-21(17-24-23(25-18)27-13-15-29-16-14-27)22(28)26-11-9-20(10-12-26)8-7-19-5-3-2-4-6-19/h2-6,17,20H,7-16H2,1H3. The number of piperidine rings is 1. The lowest BCUT2D eigenvalue weighted by atomic mass is 9.90. The van der Waals surface area contributed by atoms with Gasteiger partial charge in [0.05, 0.1) is 24.5 Å². The average Bonchev–Trinajstić information content (AvgIpc) is 2.79. The van der Waals surface area contributed by atoms with Crippen molar-refractivity contribution >= 4 is 11.9 Å². The first-order valence-corrected chi connectivity index (χ1v) is 10.7. The van der Waals surface area contributed by atoms with Crippen molar-refractivity contribution in [2.45, 2.75) is 32.6 Å². The summed E-state index contributed by atoms with van der Waals surface area (Å²) in [7, 11) is 0. The molecule has 6 nitrogen and oxygen atoms in total. The Morgan fingerprint density at radius 2 is 1.83 bits per heavy atom. The van der Waals surface area contributed by atoms with Gasteiger partial charge in [0, 0.05) is 32.4 Å². The van der Waals surface area contributed by atoms with Gasteiger partial charge < -0.3 is 14.5 Å². The molecule has 2 aliphatic heterocycles. The zero-order chi connectivity index (χ0) is 20.1. The molecule has 2 aliphatic rings. The summed E-state index contributed by atoms with van der Waals surface area (Å²) in [6.45, 7) is 6.54. The summed E-state index contributed by atoms with van der Waals surface area (Å²) in [6, 6.07) is 10.7. The van der Waals surface area contributed by atoms with Crippen LogP contribution in [0.4, 0.5) is 5.95 Å². The van der Waals surface area contributed by atoms with Crippen molar-refractivity contribution in [1.29, 1.82) is 0 Å². The van der Waals surface area contributed by atoms with Crippen LogP contribution >= 0.6 is 0 Å². The van der Waals surface area contributed by atoms with Crippen LogP contribution < -0.4 is 4.90 Å². The van der Waals surface area contributed by atoms with E-state index in [1.807, 2.05) is 11.8 Å². The Morgan fingerprint density at radius 1 is 1.10 bits per heavy atom. The van der Waals surface area contributed by atoms with Gasteiger partial charge in [-0.1, -0.05) is 30.3 Å². The van der Waals surface area contributed by atoms with E-state index < -0.39 is 0 Å². The molecule has 0 N–H and O–H groups in total. The Balaban J connectivity index is 1.31. The molecule has 1 aromatic carbocycles. The number of benzene rings is 1. The first kappa shape index (κ1) is 19.8. The molecule has 154 valence electrons. The minimum Gasteiger partial charge on any atom is -0.378 e. The Hall–Kier alpha value is -2.47. The van der Waals surface area contributed by atoms with E-state index in [9.17, 15) is 4.79 Å². The number of carbonyl (C=O) groups excluding carboxylic acids is 1. The molecule has 0 spiro atoms. The second kappa shape index (κ2) is 9.35. The van der Waals surface area contributed by atoms with Gasteiger partial charge in [-0.15, -0.1) is 0 Å². The molecule has 2 fully saturated rings. The molecule has 4 rings (SSSR count). The van der Waals surface area contributed by atoms with E-state index in [1.54, 1.807) is 6.20 Å². The average molecular weight is 395 g/mol. The van der Waals surface area contributed by atoms with Crippen LogP contribution in [0.3, 0.4) is 0 Å². The monoisotopic (exact) mass is 394 g/mol. The lowest BCUT2D eigenvalue weighted by Crippen LogP contribution is -2.39. The highest BCUT2D eigenvalue weighted by molar-refractivity contribution is 5.95. The minimum absolute atomic E-state index is 0.0672. The van der Waals surface area contributed by atoms with Gasteiger partial charge in [0.25, 0.3) is 5.91 Å². The molecule has 0 radical (unpaired) electrons. The molecule has 6 heteroatoms. The Labute approximate surface area is 172 Å². The van der Waals surface area contributed by atoms with Crippen molar-refractivity contribution in [2.24, 2.45) is 5.92 Å². The third-order valence-electron chi connectivity index (χ3n) is 6.08. The number of ether oxygens (including phenoxy) is 1. The number of nitrogens with zero attached hydrogens (tertiary/aromatic N) is 4. The zero-order valence-corrected chi connectivity index (χ0v) is 17.2. The molecule has 0 aliphatic carbocycles. The topological polar surface area (TPSA) is 58.6 Å². The molecule has 0 unspecified atom stereocenters. The van der Waals surface area contributed by atoms with E-state index in [1.165, 1.54) is 12.0 Å². The number of hydrogen-bond acceptors (Lipinski definition) is 5. The second-order valence-electron chi connectivity index (χ2n) is 8.03. The fraction of sp³-hybridized carbons (Fsp3) is 0.522. The molecule has 2 aromatic rings. The third-order valence-corrected chi connectivity index (χ3v) is 6.08. The second-order valence-corrected chi connectivity index (χ2v) is 8.03. The van der Waals surface area contributed by atoms with E-state index in [0.29, 0.717) is 30.6 Å². The molecule has 0 atom stereocenters. The molecule has 0 bridgehead atoms. The SMILES string of the molecule is Cc1nc(N2CCOCC2)ncc1C(=O)N1CCC(CCc2ccccc2)CC1. The molecular formula is C23H30N4O2. The quantitative estimate of drug-likeness (QED) is 0.780. The van der Waals surface area contributed by atoms with E-state index in [4.69, 9.17) is 4.74 Å². The molecule has 3 heterocycles. The molecule has 2 saturated heterocycles. The van der Waals surface area contributed by atoms with Gasteiger partial charge in [-0.25, -0.2) is 9.97 Å². The van der Waals surface area contributed by atoms with Gasteiger partial charge in [-0.05, 0) is 44.1 Å². The summed E-state index contributed by atoms with van der Waals surface area (Å²) < 4.78 is 5.39. The van der Waals surface area contributed by atoms with Crippen LogP contribution in [0.15, 0.2) is 36.5 Å².